The third kappa shape index (κ3) is 3.60. The Kier molecular flexibility index (Phi) is 5.04. The zero-order chi connectivity index (χ0) is 19.1. The molecule has 0 aliphatic carbocycles. The highest BCUT2D eigenvalue weighted by atomic mass is 35.5. The average molecular weight is 388 g/mol. The molecule has 2 aromatic rings. The lowest BCUT2D eigenvalue weighted by atomic mass is 9.96. The van der Waals surface area contributed by atoms with Crippen LogP contribution in [0, 0.1) is 13.8 Å². The van der Waals surface area contributed by atoms with Crippen LogP contribution in [-0.2, 0) is 11.2 Å². The molecular weight excluding hydrogens is 366 g/mol. The number of amides is 1. The molecule has 6 heteroatoms. The van der Waals surface area contributed by atoms with Crippen molar-refractivity contribution in [3.05, 3.63) is 55.7 Å². The molecule has 0 atom stereocenters. The first-order chi connectivity index (χ1) is 12.2. The monoisotopic (exact) mass is 387 g/mol. The van der Waals surface area contributed by atoms with Gasteiger partial charge in [0, 0.05) is 39.2 Å². The number of rotatable bonds is 2. The number of benzene rings is 1. The summed E-state index contributed by atoms with van der Waals surface area (Å²) in [6.07, 6.45) is 0.669. The first kappa shape index (κ1) is 18.8. The van der Waals surface area contributed by atoms with Gasteiger partial charge >= 0.3 is 0 Å². The number of halogens is 1. The number of hydrogen-bond acceptors (Lipinski definition) is 4. The molecule has 0 radical (unpaired) electrons. The van der Waals surface area contributed by atoms with Gasteiger partial charge in [0.2, 0.25) is 5.91 Å². The van der Waals surface area contributed by atoms with Crippen molar-refractivity contribution >= 4 is 40.3 Å². The Balaban J connectivity index is 2.23. The van der Waals surface area contributed by atoms with Gasteiger partial charge < -0.3 is 0 Å². The summed E-state index contributed by atoms with van der Waals surface area (Å²) in [5.41, 5.74) is 7.31. The molecule has 3 rings (SSSR count). The van der Waals surface area contributed by atoms with Gasteiger partial charge in [-0.25, -0.2) is 5.43 Å². The van der Waals surface area contributed by atoms with Gasteiger partial charge in [-0.1, -0.05) is 23.7 Å². The second kappa shape index (κ2) is 6.97. The van der Waals surface area contributed by atoms with E-state index in [0.29, 0.717) is 11.4 Å². The summed E-state index contributed by atoms with van der Waals surface area (Å²) in [4.78, 5) is 18.9. The number of nitrogens with one attached hydrogen (secondary N) is 1. The maximum atomic E-state index is 11.3. The van der Waals surface area contributed by atoms with Gasteiger partial charge in [-0.05, 0) is 45.4 Å². The minimum Gasteiger partial charge on any atom is -0.274 e. The van der Waals surface area contributed by atoms with Crippen LogP contribution in [0.25, 0.3) is 0 Å². The summed E-state index contributed by atoms with van der Waals surface area (Å²) in [7, 11) is 0. The van der Waals surface area contributed by atoms with E-state index < -0.39 is 5.54 Å². The van der Waals surface area contributed by atoms with E-state index in [1.54, 1.807) is 11.3 Å². The number of carbonyl (C=O) groups excluding carboxylic acids is 1. The van der Waals surface area contributed by atoms with Crippen LogP contribution >= 0.6 is 22.9 Å². The Morgan fingerprint density at radius 3 is 2.54 bits per heavy atom. The largest absolute Gasteiger partial charge is 0.274 e. The molecule has 1 aromatic carbocycles. The van der Waals surface area contributed by atoms with Crippen LogP contribution in [0.15, 0.2) is 34.4 Å². The summed E-state index contributed by atoms with van der Waals surface area (Å²) in [6.45, 7) is 9.79. The van der Waals surface area contributed by atoms with Crippen LogP contribution in [0.1, 0.15) is 47.2 Å². The van der Waals surface area contributed by atoms with Crippen LogP contribution in [0.3, 0.4) is 0 Å². The van der Waals surface area contributed by atoms with Crippen molar-refractivity contribution in [2.75, 3.05) is 0 Å². The van der Waals surface area contributed by atoms with E-state index >= 15 is 0 Å². The van der Waals surface area contributed by atoms with Gasteiger partial charge in [0.1, 0.15) is 0 Å². The highest BCUT2D eigenvalue weighted by molar-refractivity contribution is 7.12. The van der Waals surface area contributed by atoms with Crippen molar-refractivity contribution in [1.82, 2.24) is 5.43 Å². The summed E-state index contributed by atoms with van der Waals surface area (Å²) in [6, 6.07) is 7.78. The van der Waals surface area contributed by atoms with E-state index in [4.69, 9.17) is 16.6 Å². The van der Waals surface area contributed by atoms with Crippen molar-refractivity contribution < 1.29 is 4.79 Å². The van der Waals surface area contributed by atoms with Gasteiger partial charge in [0.05, 0.1) is 17.0 Å². The van der Waals surface area contributed by atoms with Crippen molar-refractivity contribution in [3.8, 4) is 0 Å². The number of carbonyl (C=O) groups is 1. The fourth-order valence-corrected chi connectivity index (χ4v) is 4.35. The zero-order valence-corrected chi connectivity index (χ0v) is 17.2. The molecule has 1 aliphatic heterocycles. The molecule has 0 unspecified atom stereocenters. The third-order valence-electron chi connectivity index (χ3n) is 4.59. The molecule has 1 N–H and O–H groups in total. The Bertz CT molecular complexity index is 923. The summed E-state index contributed by atoms with van der Waals surface area (Å²) in [5, 5.41) is 5.07. The Morgan fingerprint density at radius 2 is 1.92 bits per heavy atom. The first-order valence-corrected chi connectivity index (χ1v) is 9.67. The second-order valence-electron chi connectivity index (χ2n) is 7.01. The van der Waals surface area contributed by atoms with E-state index in [9.17, 15) is 4.79 Å². The standard InChI is InChI=1S/C20H22ClN3OS/c1-11-12(2)26-16-10-17(24-23-13(3)25)20(4,5)22-19(18(11)16)14-6-8-15(21)9-7-14/h6-9H,10H2,1-5H3,(H,23,25)/b24-17+. The van der Waals surface area contributed by atoms with Gasteiger partial charge in [-0.15, -0.1) is 11.3 Å². The topological polar surface area (TPSA) is 53.8 Å². The minimum atomic E-state index is -0.531. The molecular formula is C20H22ClN3OS. The molecule has 1 aromatic heterocycles. The molecule has 2 heterocycles. The number of hydrazone groups is 1. The zero-order valence-electron chi connectivity index (χ0n) is 15.6. The lowest BCUT2D eigenvalue weighted by molar-refractivity contribution is -0.118. The van der Waals surface area contributed by atoms with Crippen molar-refractivity contribution in [1.29, 1.82) is 0 Å². The Labute approximate surface area is 163 Å². The molecule has 0 spiro atoms. The quantitative estimate of drug-likeness (QED) is 0.747. The van der Waals surface area contributed by atoms with Crippen LogP contribution in [0.2, 0.25) is 5.02 Å². The molecule has 0 saturated carbocycles. The average Bonchev–Trinajstić information content (AvgIpc) is 2.77. The number of fused-ring (bicyclic) bond motifs is 1. The van der Waals surface area contributed by atoms with Crippen LogP contribution in [0.4, 0.5) is 0 Å². The number of hydrogen-bond donors (Lipinski definition) is 1. The van der Waals surface area contributed by atoms with Gasteiger partial charge in [0.25, 0.3) is 0 Å². The van der Waals surface area contributed by atoms with Crippen molar-refractivity contribution in [2.45, 2.75) is 46.6 Å². The summed E-state index contributed by atoms with van der Waals surface area (Å²) < 4.78 is 0. The van der Waals surface area contributed by atoms with Crippen LogP contribution < -0.4 is 5.43 Å². The fourth-order valence-electron chi connectivity index (χ4n) is 3.04. The minimum absolute atomic E-state index is 0.182. The normalized spacial score (nSPS) is 17.5. The van der Waals surface area contributed by atoms with Crippen LogP contribution in [0.5, 0.6) is 0 Å². The van der Waals surface area contributed by atoms with E-state index in [-0.39, 0.29) is 5.91 Å². The van der Waals surface area contributed by atoms with E-state index in [2.05, 4.69) is 24.4 Å². The van der Waals surface area contributed by atoms with E-state index in [0.717, 1.165) is 17.0 Å². The Hall–Kier alpha value is -1.98. The summed E-state index contributed by atoms with van der Waals surface area (Å²) in [5.74, 6) is -0.182. The van der Waals surface area contributed by atoms with Gasteiger partial charge in [0.15, 0.2) is 0 Å². The molecule has 1 amide bonds. The molecule has 1 aliphatic rings. The highest BCUT2D eigenvalue weighted by Gasteiger charge is 2.33. The third-order valence-corrected chi connectivity index (χ3v) is 6.05. The van der Waals surface area contributed by atoms with Gasteiger partial charge in [-0.3, -0.25) is 9.79 Å². The van der Waals surface area contributed by atoms with E-state index in [1.165, 1.54) is 27.8 Å². The Morgan fingerprint density at radius 1 is 1.27 bits per heavy atom. The maximum absolute atomic E-state index is 11.3. The SMILES string of the molecule is CC(=O)N/N=C1\Cc2sc(C)c(C)c2C(c2ccc(Cl)cc2)=NC1(C)C. The second-order valence-corrected chi connectivity index (χ2v) is 8.76. The molecule has 136 valence electrons. The van der Waals surface area contributed by atoms with Gasteiger partial charge in [-0.2, -0.15) is 5.10 Å². The van der Waals surface area contributed by atoms with E-state index in [1.807, 2.05) is 38.1 Å². The van der Waals surface area contributed by atoms with Crippen molar-refractivity contribution in [3.63, 3.8) is 0 Å². The van der Waals surface area contributed by atoms with Crippen molar-refractivity contribution in [2.24, 2.45) is 10.1 Å². The predicted molar refractivity (Wildman–Crippen MR) is 110 cm³/mol. The molecule has 0 fully saturated rings. The fraction of sp³-hybridized carbons (Fsp3) is 0.350. The predicted octanol–water partition coefficient (Wildman–Crippen LogP) is 4.68. The number of thiophene rings is 1. The lowest BCUT2D eigenvalue weighted by Gasteiger charge is -2.21. The number of aryl methyl sites for hydroxylation is 1. The van der Waals surface area contributed by atoms with Crippen LogP contribution in [-0.4, -0.2) is 22.9 Å². The smallest absolute Gasteiger partial charge is 0.236 e. The summed E-state index contributed by atoms with van der Waals surface area (Å²) >= 11 is 7.84. The number of nitrogens with zero attached hydrogens (tertiary/aromatic N) is 2. The lowest BCUT2D eigenvalue weighted by Crippen LogP contribution is -2.33. The maximum Gasteiger partial charge on any atom is 0.236 e. The molecule has 0 saturated heterocycles. The molecule has 0 bridgehead atoms. The molecule has 4 nitrogen and oxygen atoms in total. The highest BCUT2D eigenvalue weighted by Crippen LogP contribution is 2.35. The first-order valence-electron chi connectivity index (χ1n) is 8.47. The number of aliphatic imine (C=N–C) groups is 1. The molecule has 26 heavy (non-hydrogen) atoms.